The van der Waals surface area contributed by atoms with Gasteiger partial charge in [-0.05, 0) is 47.5 Å². The summed E-state index contributed by atoms with van der Waals surface area (Å²) < 4.78 is 31.2. The molecule has 0 bridgehead atoms. The first-order valence-electron chi connectivity index (χ1n) is 12.7. The average Bonchev–Trinajstić information content (AvgIpc) is 3.04. The van der Waals surface area contributed by atoms with Crippen LogP contribution in [0.4, 0.5) is 0 Å². The molecule has 3 radical (unpaired) electrons. The van der Waals surface area contributed by atoms with Gasteiger partial charge in [-0.25, -0.2) is 5.90 Å². The van der Waals surface area contributed by atoms with E-state index in [1.807, 2.05) is 24.3 Å². The van der Waals surface area contributed by atoms with Crippen LogP contribution in [0.2, 0.25) is 5.02 Å². The summed E-state index contributed by atoms with van der Waals surface area (Å²) in [7, 11) is 9.11. The van der Waals surface area contributed by atoms with Crippen LogP contribution in [0, 0.1) is 0 Å². The van der Waals surface area contributed by atoms with Gasteiger partial charge in [0.2, 0.25) is 0 Å². The maximum absolute atomic E-state index is 13.3. The van der Waals surface area contributed by atoms with Crippen LogP contribution in [0.3, 0.4) is 0 Å². The van der Waals surface area contributed by atoms with Gasteiger partial charge in [0.25, 0.3) is 12.4 Å². The van der Waals surface area contributed by atoms with Crippen LogP contribution >= 0.6 is 11.6 Å². The van der Waals surface area contributed by atoms with E-state index in [9.17, 15) is 14.4 Å². The lowest BCUT2D eigenvalue weighted by Gasteiger charge is -2.21. The highest BCUT2D eigenvalue weighted by Gasteiger charge is 2.29. The third-order valence-electron chi connectivity index (χ3n) is 6.04. The Bertz CT molecular complexity index is 1360. The van der Waals surface area contributed by atoms with Crippen LogP contribution in [-0.2, 0) is 36.9 Å². The molecule has 1 amide bonds. The van der Waals surface area contributed by atoms with Gasteiger partial charge in [0.05, 0.1) is 30.8 Å². The number of hydrogen-bond donors (Lipinski definition) is 2. The molecule has 3 aromatic rings. The van der Waals surface area contributed by atoms with Crippen LogP contribution in [0.25, 0.3) is 0 Å². The minimum Gasteiger partial charge on any atom is -0.542 e. The fourth-order valence-corrected chi connectivity index (χ4v) is 4.05. The first-order chi connectivity index (χ1) is 20.8. The predicted octanol–water partition coefficient (Wildman–Crippen LogP) is 2.64. The molecule has 3 aromatic carbocycles. The summed E-state index contributed by atoms with van der Waals surface area (Å²) in [6, 6.07) is 14.9. The van der Waals surface area contributed by atoms with Crippen molar-refractivity contribution in [3.8, 4) is 23.0 Å². The number of halogens is 1. The lowest BCUT2D eigenvalue weighted by molar-refractivity contribution is -0.137. The fraction of sp³-hybridized carbons (Fsp3) is 0.250. The van der Waals surface area contributed by atoms with E-state index in [0.29, 0.717) is 11.5 Å². The minimum absolute atomic E-state index is 0.0450. The van der Waals surface area contributed by atoms with Gasteiger partial charge in [-0.2, -0.15) is 0 Å². The van der Waals surface area contributed by atoms with E-state index in [-0.39, 0.29) is 48.2 Å². The van der Waals surface area contributed by atoms with Crippen molar-refractivity contribution in [2.75, 3.05) is 14.2 Å². The molecule has 43 heavy (non-hydrogen) atoms. The zero-order valence-electron chi connectivity index (χ0n) is 23.3. The van der Waals surface area contributed by atoms with E-state index in [1.165, 1.54) is 12.1 Å². The number of ether oxygens (including phenoxy) is 4. The summed E-state index contributed by atoms with van der Waals surface area (Å²) in [6.07, 6.45) is -0.284. The van der Waals surface area contributed by atoms with E-state index in [0.717, 1.165) is 18.6 Å². The van der Waals surface area contributed by atoms with Crippen molar-refractivity contribution in [1.82, 2.24) is 5.32 Å². The molecule has 0 aliphatic rings. The Morgan fingerprint density at radius 3 is 2.05 bits per heavy atom. The fourth-order valence-electron chi connectivity index (χ4n) is 3.75. The van der Waals surface area contributed by atoms with Crippen molar-refractivity contribution >= 4 is 45.5 Å². The maximum Gasteiger partial charge on any atom is 0.407 e. The van der Waals surface area contributed by atoms with Crippen LogP contribution < -0.4 is 30.2 Å². The summed E-state index contributed by atoms with van der Waals surface area (Å²) in [5.74, 6) is 5.14. The van der Waals surface area contributed by atoms with Crippen molar-refractivity contribution in [3.63, 3.8) is 0 Å². The van der Waals surface area contributed by atoms with E-state index in [1.54, 1.807) is 38.5 Å². The van der Waals surface area contributed by atoms with Crippen LogP contribution in [0.5, 0.6) is 23.0 Å². The Morgan fingerprint density at radius 1 is 0.953 bits per heavy atom. The molecule has 0 heterocycles. The van der Waals surface area contributed by atoms with Gasteiger partial charge in [-0.1, -0.05) is 35.9 Å². The average molecular weight is 610 g/mol. The highest BCUT2D eigenvalue weighted by Crippen LogP contribution is 2.39. The van der Waals surface area contributed by atoms with E-state index in [4.69, 9.17) is 44.5 Å². The largest absolute Gasteiger partial charge is 0.542 e. The first kappa shape index (κ1) is 33.1. The molecule has 223 valence electrons. The zero-order chi connectivity index (χ0) is 31.2. The Labute approximate surface area is 255 Å². The van der Waals surface area contributed by atoms with Gasteiger partial charge in [0.1, 0.15) is 30.8 Å². The standard InChI is InChI=1S/C28H28B2ClN2O10/c1-37-19-7-3-17(4-8-19)14-39-23-12-11-21(25(31)26(23)40-15-18-5-9-20(38-2)10-6-18)27(35)33-22(28(36)42-29)13-24(43-32)30-41-16-34/h3-12,16,22,24H,13-15,32H2,1-2H3,(H,33,35)/t22-,24-/m0/s1. The summed E-state index contributed by atoms with van der Waals surface area (Å²) in [6.45, 7) is 0.374. The highest BCUT2D eigenvalue weighted by molar-refractivity contribution is 6.35. The SMILES string of the molecule is [B]OC(=O)[C@H](C[C@@H]([B]OC=O)ON)NC(=O)c1ccc(OCc2ccc(OC)cc2)c(OCc2ccc(OC)cc2)c1Cl. The maximum atomic E-state index is 13.3. The molecular formula is C28H28B2ClN2O10. The quantitative estimate of drug-likeness (QED) is 0.132. The first-order valence-corrected chi connectivity index (χ1v) is 13.0. The number of hydrogen-bond acceptors (Lipinski definition) is 11. The van der Waals surface area contributed by atoms with Crippen LogP contribution in [0.15, 0.2) is 60.7 Å². The molecular weight excluding hydrogens is 581 g/mol. The van der Waals surface area contributed by atoms with Gasteiger partial charge >= 0.3 is 21.5 Å². The number of carbonyl (C=O) groups excluding carboxylic acids is 3. The number of methoxy groups -OCH3 is 2. The zero-order valence-corrected chi connectivity index (χ0v) is 24.1. The molecule has 3 N–H and O–H groups in total. The molecule has 0 fully saturated rings. The predicted molar refractivity (Wildman–Crippen MR) is 156 cm³/mol. The molecule has 12 nitrogen and oxygen atoms in total. The monoisotopic (exact) mass is 609 g/mol. The van der Waals surface area contributed by atoms with E-state index >= 15 is 0 Å². The van der Waals surface area contributed by atoms with Gasteiger partial charge in [0.15, 0.2) is 11.5 Å². The van der Waals surface area contributed by atoms with Crippen LogP contribution in [-0.4, -0.2) is 60.1 Å². The number of benzene rings is 3. The molecule has 0 aliphatic heterocycles. The molecule has 0 saturated carbocycles. The van der Waals surface area contributed by atoms with Gasteiger partial charge in [-0.3, -0.25) is 14.4 Å². The topological polar surface area (TPSA) is 154 Å². The number of nitrogens with two attached hydrogens (primary N) is 1. The van der Waals surface area contributed by atoms with Gasteiger partial charge in [0, 0.05) is 6.42 Å². The highest BCUT2D eigenvalue weighted by atomic mass is 35.5. The number of rotatable bonds is 17. The number of amides is 1. The Hall–Kier alpha value is -4.39. The summed E-state index contributed by atoms with van der Waals surface area (Å²) >= 11 is 6.69. The third-order valence-corrected chi connectivity index (χ3v) is 6.41. The molecule has 0 unspecified atom stereocenters. The van der Waals surface area contributed by atoms with Crippen molar-refractivity contribution < 1.29 is 47.5 Å². The minimum atomic E-state index is -1.36. The van der Waals surface area contributed by atoms with Crippen molar-refractivity contribution in [1.29, 1.82) is 0 Å². The molecule has 0 saturated heterocycles. The van der Waals surface area contributed by atoms with Gasteiger partial charge < -0.3 is 38.4 Å². The summed E-state index contributed by atoms with van der Waals surface area (Å²) in [5, 5.41) is 2.39. The summed E-state index contributed by atoms with van der Waals surface area (Å²) in [5.41, 5.74) is 1.59. The summed E-state index contributed by atoms with van der Waals surface area (Å²) in [4.78, 5) is 40.8. The Morgan fingerprint density at radius 2 is 1.53 bits per heavy atom. The molecule has 0 aromatic heterocycles. The smallest absolute Gasteiger partial charge is 0.407 e. The number of nitrogens with one attached hydrogen (secondary N) is 1. The lowest BCUT2D eigenvalue weighted by atomic mass is 9.85. The molecule has 0 aliphatic carbocycles. The second-order valence-corrected chi connectivity index (χ2v) is 9.15. The number of carbonyl (C=O) groups is 3. The second kappa shape index (κ2) is 16.9. The third kappa shape index (κ3) is 9.57. The lowest BCUT2D eigenvalue weighted by Crippen LogP contribution is -2.46. The second-order valence-electron chi connectivity index (χ2n) is 8.77. The van der Waals surface area contributed by atoms with Gasteiger partial charge in [-0.15, -0.1) is 0 Å². The Kier molecular flexibility index (Phi) is 13.0. The molecule has 15 heteroatoms. The van der Waals surface area contributed by atoms with Crippen molar-refractivity contribution in [2.45, 2.75) is 31.7 Å². The molecule has 2 atom stereocenters. The van der Waals surface area contributed by atoms with Crippen molar-refractivity contribution in [3.05, 3.63) is 82.4 Å². The normalized spacial score (nSPS) is 11.8. The molecule has 0 spiro atoms. The Balaban J connectivity index is 1.87. The van der Waals surface area contributed by atoms with E-state index < -0.39 is 23.9 Å². The van der Waals surface area contributed by atoms with Crippen molar-refractivity contribution in [2.24, 2.45) is 5.90 Å². The van der Waals surface area contributed by atoms with E-state index in [2.05, 4.69) is 19.5 Å². The van der Waals surface area contributed by atoms with Crippen LogP contribution in [0.1, 0.15) is 27.9 Å². The molecule has 3 rings (SSSR count).